The highest BCUT2D eigenvalue weighted by Crippen LogP contribution is 2.24. The topological polar surface area (TPSA) is 49.6 Å². The first kappa shape index (κ1) is 16.5. The third-order valence-corrected chi connectivity index (χ3v) is 4.55. The molecular formula is C20H25N3O. The highest BCUT2D eigenvalue weighted by Gasteiger charge is 2.30. The Morgan fingerprint density at radius 2 is 1.54 bits per heavy atom. The molecule has 0 spiro atoms. The maximum Gasteiger partial charge on any atom is 0.242 e. The lowest BCUT2D eigenvalue weighted by Crippen LogP contribution is -2.56. The predicted octanol–water partition coefficient (Wildman–Crippen LogP) is 2.99. The zero-order valence-corrected chi connectivity index (χ0v) is 14.0. The van der Waals surface area contributed by atoms with E-state index in [0.29, 0.717) is 6.42 Å². The first-order chi connectivity index (χ1) is 11.8. The van der Waals surface area contributed by atoms with Crippen molar-refractivity contribution in [1.82, 2.24) is 5.01 Å². The van der Waals surface area contributed by atoms with E-state index in [9.17, 15) is 4.79 Å². The number of rotatable bonds is 6. The number of para-hydroxylation sites is 1. The molecule has 0 bridgehead atoms. The number of carbonyl (C=O) groups excluding carboxylic acids is 1. The van der Waals surface area contributed by atoms with E-state index in [2.05, 4.69) is 34.3 Å². The molecule has 1 saturated heterocycles. The Morgan fingerprint density at radius 3 is 2.12 bits per heavy atom. The van der Waals surface area contributed by atoms with Crippen LogP contribution in [0.1, 0.15) is 24.8 Å². The van der Waals surface area contributed by atoms with Gasteiger partial charge < -0.3 is 5.73 Å². The molecule has 0 aliphatic carbocycles. The Kier molecular flexibility index (Phi) is 5.49. The number of hydrogen-bond donors (Lipinski definition) is 1. The number of hydrazine groups is 1. The van der Waals surface area contributed by atoms with Gasteiger partial charge >= 0.3 is 0 Å². The maximum absolute atomic E-state index is 12.3. The van der Waals surface area contributed by atoms with E-state index in [1.807, 2.05) is 36.4 Å². The van der Waals surface area contributed by atoms with E-state index in [4.69, 9.17) is 5.73 Å². The maximum atomic E-state index is 12.3. The minimum Gasteiger partial charge on any atom is -0.368 e. The molecule has 2 N–H and O–H groups in total. The smallest absolute Gasteiger partial charge is 0.242 e. The van der Waals surface area contributed by atoms with Gasteiger partial charge in [0, 0.05) is 19.5 Å². The number of anilines is 1. The average Bonchev–Trinajstić information content (AvgIpc) is 2.64. The average molecular weight is 323 g/mol. The van der Waals surface area contributed by atoms with E-state index in [0.717, 1.165) is 37.2 Å². The van der Waals surface area contributed by atoms with Crippen LogP contribution in [0, 0.1) is 0 Å². The van der Waals surface area contributed by atoms with E-state index >= 15 is 0 Å². The molecular weight excluding hydrogens is 298 g/mol. The van der Waals surface area contributed by atoms with Crippen molar-refractivity contribution in [3.05, 3.63) is 66.2 Å². The van der Waals surface area contributed by atoms with Gasteiger partial charge in [0.25, 0.3) is 0 Å². The first-order valence-electron chi connectivity index (χ1n) is 8.68. The number of carbonyl (C=O) groups is 1. The molecule has 3 rings (SSSR count). The standard InChI is InChI=1S/C20H25N3O/c21-20(24)19(16-17-10-4-1-5-11-17)23(18-12-6-2-7-13-18)22-14-8-3-9-15-22/h1-2,4-7,10-13,19H,3,8-9,14-16H2,(H2,21,24). The fourth-order valence-corrected chi connectivity index (χ4v) is 3.36. The summed E-state index contributed by atoms with van der Waals surface area (Å²) in [5.74, 6) is -0.284. The molecule has 2 aromatic carbocycles. The highest BCUT2D eigenvalue weighted by atomic mass is 16.1. The van der Waals surface area contributed by atoms with Crippen molar-refractivity contribution in [1.29, 1.82) is 0 Å². The molecule has 4 nitrogen and oxygen atoms in total. The summed E-state index contributed by atoms with van der Waals surface area (Å²) in [4.78, 5) is 12.3. The van der Waals surface area contributed by atoms with Crippen molar-refractivity contribution in [2.45, 2.75) is 31.7 Å². The van der Waals surface area contributed by atoms with Gasteiger partial charge in [-0.25, -0.2) is 5.01 Å². The Bertz CT molecular complexity index is 638. The van der Waals surface area contributed by atoms with E-state index in [1.54, 1.807) is 0 Å². The lowest BCUT2D eigenvalue weighted by Gasteiger charge is -2.42. The van der Waals surface area contributed by atoms with E-state index < -0.39 is 0 Å². The molecule has 1 atom stereocenters. The molecule has 24 heavy (non-hydrogen) atoms. The number of nitrogens with zero attached hydrogens (tertiary/aromatic N) is 2. The molecule has 1 heterocycles. The second-order valence-corrected chi connectivity index (χ2v) is 6.30. The number of hydrogen-bond acceptors (Lipinski definition) is 3. The van der Waals surface area contributed by atoms with Gasteiger partial charge in [0.1, 0.15) is 6.04 Å². The van der Waals surface area contributed by atoms with Crippen molar-refractivity contribution in [2.75, 3.05) is 18.1 Å². The first-order valence-corrected chi connectivity index (χ1v) is 8.68. The zero-order chi connectivity index (χ0) is 16.8. The third-order valence-electron chi connectivity index (χ3n) is 4.55. The summed E-state index contributed by atoms with van der Waals surface area (Å²) >= 11 is 0. The molecule has 4 heteroatoms. The molecule has 1 fully saturated rings. The minimum atomic E-state index is -0.382. The van der Waals surface area contributed by atoms with Crippen LogP contribution < -0.4 is 10.7 Å². The quantitative estimate of drug-likeness (QED) is 0.889. The largest absolute Gasteiger partial charge is 0.368 e. The third kappa shape index (κ3) is 3.95. The zero-order valence-electron chi connectivity index (χ0n) is 14.0. The Balaban J connectivity index is 1.92. The fraction of sp³-hybridized carbons (Fsp3) is 0.350. The van der Waals surface area contributed by atoms with Crippen LogP contribution in [0.5, 0.6) is 0 Å². The Hall–Kier alpha value is -2.33. The SMILES string of the molecule is NC(=O)C(Cc1ccccc1)N(c1ccccc1)N1CCCCC1. The van der Waals surface area contributed by atoms with Crippen LogP contribution in [0.25, 0.3) is 0 Å². The van der Waals surface area contributed by atoms with Gasteiger partial charge in [0.05, 0.1) is 5.69 Å². The number of benzene rings is 2. The predicted molar refractivity (Wildman–Crippen MR) is 97.5 cm³/mol. The van der Waals surface area contributed by atoms with Crippen LogP contribution in [0.4, 0.5) is 5.69 Å². The van der Waals surface area contributed by atoms with Crippen molar-refractivity contribution in [3.8, 4) is 0 Å². The number of amides is 1. The number of primary amides is 1. The Morgan fingerprint density at radius 1 is 0.958 bits per heavy atom. The molecule has 2 aromatic rings. The summed E-state index contributed by atoms with van der Waals surface area (Å²) in [6.45, 7) is 1.93. The molecule has 0 radical (unpaired) electrons. The fourth-order valence-electron chi connectivity index (χ4n) is 3.36. The summed E-state index contributed by atoms with van der Waals surface area (Å²) in [5, 5.41) is 4.41. The lowest BCUT2D eigenvalue weighted by molar-refractivity contribution is -0.120. The highest BCUT2D eigenvalue weighted by molar-refractivity contribution is 5.83. The van der Waals surface area contributed by atoms with Crippen molar-refractivity contribution < 1.29 is 4.79 Å². The van der Waals surface area contributed by atoms with Gasteiger partial charge in [-0.3, -0.25) is 9.80 Å². The molecule has 0 saturated carbocycles. The monoisotopic (exact) mass is 323 g/mol. The van der Waals surface area contributed by atoms with E-state index in [1.165, 1.54) is 6.42 Å². The summed E-state index contributed by atoms with van der Waals surface area (Å²) < 4.78 is 0. The van der Waals surface area contributed by atoms with Crippen molar-refractivity contribution in [2.24, 2.45) is 5.73 Å². The van der Waals surface area contributed by atoms with E-state index in [-0.39, 0.29) is 11.9 Å². The van der Waals surface area contributed by atoms with Gasteiger partial charge in [-0.05, 0) is 30.5 Å². The van der Waals surface area contributed by atoms with Crippen LogP contribution in [-0.4, -0.2) is 30.0 Å². The summed E-state index contributed by atoms with van der Waals surface area (Å²) in [6.07, 6.45) is 4.17. The molecule has 1 unspecified atom stereocenters. The molecule has 1 aliphatic rings. The van der Waals surface area contributed by atoms with Crippen molar-refractivity contribution in [3.63, 3.8) is 0 Å². The Labute approximate surface area is 143 Å². The van der Waals surface area contributed by atoms with Gasteiger partial charge in [-0.2, -0.15) is 0 Å². The summed E-state index contributed by atoms with van der Waals surface area (Å²) in [7, 11) is 0. The normalized spacial score (nSPS) is 16.5. The second-order valence-electron chi connectivity index (χ2n) is 6.30. The summed E-state index contributed by atoms with van der Waals surface area (Å²) in [5.41, 5.74) is 7.97. The van der Waals surface area contributed by atoms with Gasteiger partial charge in [0.15, 0.2) is 0 Å². The van der Waals surface area contributed by atoms with Gasteiger partial charge in [0.2, 0.25) is 5.91 Å². The summed E-state index contributed by atoms with van der Waals surface area (Å²) in [6, 6.07) is 19.8. The van der Waals surface area contributed by atoms with Crippen LogP contribution in [0.2, 0.25) is 0 Å². The van der Waals surface area contributed by atoms with Gasteiger partial charge in [-0.1, -0.05) is 55.0 Å². The van der Waals surface area contributed by atoms with Crippen LogP contribution >= 0.6 is 0 Å². The van der Waals surface area contributed by atoms with Gasteiger partial charge in [-0.15, -0.1) is 0 Å². The number of nitrogens with two attached hydrogens (primary N) is 1. The van der Waals surface area contributed by atoms with Crippen LogP contribution in [0.3, 0.4) is 0 Å². The molecule has 1 aliphatic heterocycles. The van der Waals surface area contributed by atoms with Crippen LogP contribution in [0.15, 0.2) is 60.7 Å². The second kappa shape index (κ2) is 7.97. The molecule has 0 aromatic heterocycles. The number of piperidine rings is 1. The molecule has 126 valence electrons. The minimum absolute atomic E-state index is 0.284. The van der Waals surface area contributed by atoms with Crippen LogP contribution in [-0.2, 0) is 11.2 Å². The van der Waals surface area contributed by atoms with Crippen molar-refractivity contribution >= 4 is 11.6 Å². The molecule has 1 amide bonds. The lowest BCUT2D eigenvalue weighted by atomic mass is 10.0.